The smallest absolute Gasteiger partial charge is 0.326 e. The van der Waals surface area contributed by atoms with Crippen LogP contribution in [0.25, 0.3) is 0 Å². The van der Waals surface area contributed by atoms with Crippen LogP contribution in [-0.4, -0.2) is 29.7 Å². The second kappa shape index (κ2) is 8.56. The van der Waals surface area contributed by atoms with Crippen LogP contribution in [0.3, 0.4) is 0 Å². The summed E-state index contributed by atoms with van der Waals surface area (Å²) >= 11 is 0. The van der Waals surface area contributed by atoms with Crippen molar-refractivity contribution in [3.05, 3.63) is 11.6 Å². The first-order valence-corrected chi connectivity index (χ1v) is 7.08. The van der Waals surface area contributed by atoms with Crippen molar-refractivity contribution in [3.8, 4) is 0 Å². The van der Waals surface area contributed by atoms with Gasteiger partial charge in [-0.1, -0.05) is 31.4 Å². The molecule has 0 radical (unpaired) electrons. The molecule has 0 aromatic rings. The van der Waals surface area contributed by atoms with Gasteiger partial charge in [0.2, 0.25) is 0 Å². The van der Waals surface area contributed by atoms with Crippen molar-refractivity contribution in [2.75, 3.05) is 6.54 Å². The molecule has 0 heterocycles. The molecular weight excluding hydrogens is 244 g/mol. The Morgan fingerprint density at radius 2 is 2.26 bits per heavy atom. The molecule has 0 fully saturated rings. The molecule has 0 bridgehead atoms. The highest BCUT2D eigenvalue weighted by Crippen LogP contribution is 2.19. The minimum atomic E-state index is -0.970. The maximum absolute atomic E-state index is 11.6. The lowest BCUT2D eigenvalue weighted by atomic mass is 10.1. The Bertz CT molecular complexity index is 340. The van der Waals surface area contributed by atoms with E-state index in [0.29, 0.717) is 13.0 Å². The molecule has 1 rings (SSSR count). The van der Waals surface area contributed by atoms with Gasteiger partial charge in [-0.25, -0.2) is 9.59 Å². The quantitative estimate of drug-likeness (QED) is 0.592. The highest BCUT2D eigenvalue weighted by atomic mass is 16.4. The zero-order valence-electron chi connectivity index (χ0n) is 11.6. The Hall–Kier alpha value is -1.52. The van der Waals surface area contributed by atoms with Crippen LogP contribution in [0.5, 0.6) is 0 Å². The summed E-state index contributed by atoms with van der Waals surface area (Å²) < 4.78 is 0. The minimum Gasteiger partial charge on any atom is -0.480 e. The van der Waals surface area contributed by atoms with Gasteiger partial charge in [-0.05, 0) is 32.1 Å². The van der Waals surface area contributed by atoms with Crippen molar-refractivity contribution in [3.63, 3.8) is 0 Å². The number of carboxylic acids is 1. The van der Waals surface area contributed by atoms with E-state index in [2.05, 4.69) is 16.7 Å². The molecule has 0 aromatic carbocycles. The van der Waals surface area contributed by atoms with Crippen LogP contribution in [-0.2, 0) is 4.79 Å². The van der Waals surface area contributed by atoms with Crippen LogP contribution < -0.4 is 10.6 Å². The third-order valence-corrected chi connectivity index (χ3v) is 3.32. The van der Waals surface area contributed by atoms with Gasteiger partial charge in [-0.3, -0.25) is 0 Å². The normalized spacial score (nSPS) is 15.7. The average molecular weight is 268 g/mol. The number of allylic oxidation sites excluding steroid dienone is 1. The fourth-order valence-corrected chi connectivity index (χ4v) is 2.18. The van der Waals surface area contributed by atoms with Crippen LogP contribution in [0.15, 0.2) is 11.6 Å². The van der Waals surface area contributed by atoms with Crippen LogP contribution in [0.4, 0.5) is 4.79 Å². The molecule has 19 heavy (non-hydrogen) atoms. The first kappa shape index (κ1) is 15.5. The summed E-state index contributed by atoms with van der Waals surface area (Å²) in [6.45, 7) is 2.56. The summed E-state index contributed by atoms with van der Waals surface area (Å²) in [5.41, 5.74) is 1.39. The van der Waals surface area contributed by atoms with Gasteiger partial charge in [-0.2, -0.15) is 0 Å². The first-order chi connectivity index (χ1) is 9.13. The standard InChI is InChI=1S/C14H24N2O3/c1-2-3-8-12(13(17)18)16-14(19)15-10-9-11-6-4-5-7-11/h6,12H,2-5,7-10H2,1H3,(H,17,18)(H2,15,16,19). The molecule has 1 atom stereocenters. The summed E-state index contributed by atoms with van der Waals surface area (Å²) in [5.74, 6) is -0.970. The maximum Gasteiger partial charge on any atom is 0.326 e. The van der Waals surface area contributed by atoms with E-state index < -0.39 is 12.0 Å². The number of rotatable bonds is 8. The molecular formula is C14H24N2O3. The Morgan fingerprint density at radius 1 is 1.47 bits per heavy atom. The number of nitrogens with one attached hydrogen (secondary N) is 2. The Balaban J connectivity index is 2.21. The minimum absolute atomic E-state index is 0.387. The summed E-state index contributed by atoms with van der Waals surface area (Å²) in [6.07, 6.45) is 8.74. The second-order valence-corrected chi connectivity index (χ2v) is 4.94. The van der Waals surface area contributed by atoms with E-state index >= 15 is 0 Å². The zero-order valence-corrected chi connectivity index (χ0v) is 11.6. The van der Waals surface area contributed by atoms with Crippen LogP contribution >= 0.6 is 0 Å². The van der Waals surface area contributed by atoms with E-state index in [0.717, 1.165) is 32.1 Å². The number of carboxylic acid groups (broad SMARTS) is 1. The Labute approximate surface area is 114 Å². The topological polar surface area (TPSA) is 78.4 Å². The summed E-state index contributed by atoms with van der Waals surface area (Å²) in [5, 5.41) is 14.2. The van der Waals surface area contributed by atoms with E-state index in [4.69, 9.17) is 5.11 Å². The van der Waals surface area contributed by atoms with E-state index in [-0.39, 0.29) is 6.03 Å². The molecule has 1 aliphatic carbocycles. The molecule has 0 aliphatic heterocycles. The number of urea groups is 1. The largest absolute Gasteiger partial charge is 0.480 e. The molecule has 0 spiro atoms. The molecule has 0 saturated carbocycles. The Kier molecular flexibility index (Phi) is 7.00. The molecule has 2 amide bonds. The number of carbonyl (C=O) groups is 2. The molecule has 1 unspecified atom stereocenters. The number of amides is 2. The lowest BCUT2D eigenvalue weighted by molar-refractivity contribution is -0.139. The van der Waals surface area contributed by atoms with Crippen molar-refractivity contribution in [2.45, 2.75) is 57.9 Å². The number of hydrogen-bond donors (Lipinski definition) is 3. The Morgan fingerprint density at radius 3 is 2.84 bits per heavy atom. The molecule has 1 aliphatic rings. The van der Waals surface area contributed by atoms with Crippen LogP contribution in [0.1, 0.15) is 51.9 Å². The highest BCUT2D eigenvalue weighted by molar-refractivity contribution is 5.82. The van der Waals surface area contributed by atoms with E-state index in [1.807, 2.05) is 6.92 Å². The third-order valence-electron chi connectivity index (χ3n) is 3.32. The van der Waals surface area contributed by atoms with Gasteiger partial charge in [0, 0.05) is 6.54 Å². The number of carbonyl (C=O) groups excluding carboxylic acids is 1. The third kappa shape index (κ3) is 6.27. The van der Waals surface area contributed by atoms with Gasteiger partial charge < -0.3 is 15.7 Å². The zero-order chi connectivity index (χ0) is 14.1. The van der Waals surface area contributed by atoms with Crippen LogP contribution in [0, 0.1) is 0 Å². The monoisotopic (exact) mass is 268 g/mol. The van der Waals surface area contributed by atoms with Gasteiger partial charge in [0.15, 0.2) is 0 Å². The summed E-state index contributed by atoms with van der Waals surface area (Å²) in [6, 6.07) is -1.17. The van der Waals surface area contributed by atoms with E-state index in [1.54, 1.807) is 0 Å². The van der Waals surface area contributed by atoms with Crippen LogP contribution in [0.2, 0.25) is 0 Å². The van der Waals surface area contributed by atoms with Gasteiger partial charge >= 0.3 is 12.0 Å². The molecule has 108 valence electrons. The lowest BCUT2D eigenvalue weighted by Gasteiger charge is -2.14. The lowest BCUT2D eigenvalue weighted by Crippen LogP contribution is -2.46. The molecule has 5 nitrogen and oxygen atoms in total. The molecule has 3 N–H and O–H groups in total. The van der Waals surface area contributed by atoms with Crippen molar-refractivity contribution in [2.24, 2.45) is 0 Å². The van der Waals surface area contributed by atoms with Crippen molar-refractivity contribution in [1.82, 2.24) is 10.6 Å². The predicted molar refractivity (Wildman–Crippen MR) is 74.0 cm³/mol. The number of aliphatic carboxylic acids is 1. The van der Waals surface area contributed by atoms with E-state index in [1.165, 1.54) is 12.0 Å². The maximum atomic E-state index is 11.6. The number of unbranched alkanes of at least 4 members (excludes halogenated alkanes) is 1. The van der Waals surface area contributed by atoms with Gasteiger partial charge in [0.1, 0.15) is 6.04 Å². The second-order valence-electron chi connectivity index (χ2n) is 4.94. The summed E-state index contributed by atoms with van der Waals surface area (Å²) in [4.78, 5) is 22.6. The first-order valence-electron chi connectivity index (χ1n) is 7.08. The van der Waals surface area contributed by atoms with Gasteiger partial charge in [0.25, 0.3) is 0 Å². The number of hydrogen-bond acceptors (Lipinski definition) is 2. The van der Waals surface area contributed by atoms with Gasteiger partial charge in [-0.15, -0.1) is 0 Å². The fourth-order valence-electron chi connectivity index (χ4n) is 2.18. The summed E-state index contributed by atoms with van der Waals surface area (Å²) in [7, 11) is 0. The molecule has 5 heteroatoms. The predicted octanol–water partition coefficient (Wildman–Crippen LogP) is 2.43. The molecule has 0 aromatic heterocycles. The van der Waals surface area contributed by atoms with Crippen molar-refractivity contribution >= 4 is 12.0 Å². The molecule has 0 saturated heterocycles. The van der Waals surface area contributed by atoms with Gasteiger partial charge in [0.05, 0.1) is 0 Å². The fraction of sp³-hybridized carbons (Fsp3) is 0.714. The average Bonchev–Trinajstić information content (AvgIpc) is 2.87. The highest BCUT2D eigenvalue weighted by Gasteiger charge is 2.18. The van der Waals surface area contributed by atoms with E-state index in [9.17, 15) is 9.59 Å². The van der Waals surface area contributed by atoms with Crippen molar-refractivity contribution < 1.29 is 14.7 Å². The van der Waals surface area contributed by atoms with Crippen molar-refractivity contribution in [1.29, 1.82) is 0 Å². The SMILES string of the molecule is CCCCC(NC(=O)NCCC1=CCCC1)C(=O)O.